The number of carboxylic acids is 1. The molecule has 0 bridgehead atoms. The maximum atomic E-state index is 11.8. The molecule has 0 aliphatic heterocycles. The summed E-state index contributed by atoms with van der Waals surface area (Å²) >= 11 is 0. The number of hydrogen-bond acceptors (Lipinski definition) is 13. The van der Waals surface area contributed by atoms with E-state index in [9.17, 15) is 45.5 Å². The minimum Gasteiger partial charge on any atom is -0.476 e. The number of halogens is 6. The first kappa shape index (κ1) is 34.7. The van der Waals surface area contributed by atoms with E-state index in [2.05, 4.69) is 48.9 Å². The van der Waals surface area contributed by atoms with E-state index in [0.29, 0.717) is 0 Å². The van der Waals surface area contributed by atoms with E-state index in [0.717, 1.165) is 38.1 Å². The molecular weight excluding hydrogens is 594 g/mol. The monoisotopic (exact) mass is 612 g/mol. The van der Waals surface area contributed by atoms with E-state index in [1.54, 1.807) is 0 Å². The molecule has 228 valence electrons. The highest BCUT2D eigenvalue weighted by Crippen LogP contribution is 2.17. The summed E-state index contributed by atoms with van der Waals surface area (Å²) in [4.78, 5) is 61.9. The number of nitrogens with one attached hydrogen (secondary N) is 1. The molecule has 0 atom stereocenters. The van der Waals surface area contributed by atoms with Gasteiger partial charge in [-0.1, -0.05) is 0 Å². The summed E-state index contributed by atoms with van der Waals surface area (Å²) in [6.45, 7) is -2.95. The van der Waals surface area contributed by atoms with Crippen LogP contribution in [0.15, 0.2) is 42.0 Å². The predicted molar refractivity (Wildman–Crippen MR) is 122 cm³/mol. The van der Waals surface area contributed by atoms with Crippen LogP contribution in [0.1, 0.15) is 31.5 Å². The van der Waals surface area contributed by atoms with Crippen LogP contribution in [-0.2, 0) is 9.47 Å². The summed E-state index contributed by atoms with van der Waals surface area (Å²) in [5.41, 5.74) is -0.735. The van der Waals surface area contributed by atoms with E-state index >= 15 is 0 Å². The molecule has 42 heavy (non-hydrogen) atoms. The number of alkyl halides is 6. The van der Waals surface area contributed by atoms with Crippen LogP contribution in [0.5, 0.6) is 11.8 Å². The fourth-order valence-corrected chi connectivity index (χ4v) is 1.97. The maximum absolute atomic E-state index is 11.8. The zero-order valence-corrected chi connectivity index (χ0v) is 21.1. The molecule has 0 aliphatic rings. The number of hydrogen-bond donors (Lipinski definition) is 2. The number of H-pyrrole nitrogens is 1. The van der Waals surface area contributed by atoms with Crippen molar-refractivity contribution in [2.24, 2.45) is 0 Å². The molecule has 3 aromatic rings. The lowest BCUT2D eigenvalue weighted by Gasteiger charge is -2.07. The average molecular weight is 612 g/mol. The van der Waals surface area contributed by atoms with Gasteiger partial charge in [0.25, 0.3) is 5.56 Å². The van der Waals surface area contributed by atoms with Gasteiger partial charge < -0.3 is 29.0 Å². The zero-order chi connectivity index (χ0) is 31.9. The van der Waals surface area contributed by atoms with Crippen molar-refractivity contribution < 1.29 is 64.8 Å². The number of methoxy groups -OCH3 is 2. The number of aromatic nitrogens is 6. The van der Waals surface area contributed by atoms with Gasteiger partial charge >= 0.3 is 30.3 Å². The third kappa shape index (κ3) is 14.1. The largest absolute Gasteiger partial charge is 0.476 e. The minimum absolute atomic E-state index is 0.0899. The van der Waals surface area contributed by atoms with Gasteiger partial charge in [0.1, 0.15) is 0 Å². The Morgan fingerprint density at radius 1 is 0.714 bits per heavy atom. The van der Waals surface area contributed by atoms with Gasteiger partial charge in [0.15, 0.2) is 30.3 Å². The van der Waals surface area contributed by atoms with E-state index < -0.39 is 43.5 Å². The van der Waals surface area contributed by atoms with Crippen molar-refractivity contribution in [3.63, 3.8) is 0 Å². The molecule has 0 saturated heterocycles. The van der Waals surface area contributed by atoms with Gasteiger partial charge in [-0.2, -0.15) is 26.3 Å². The fraction of sp³-hybridized carbons (Fsp3) is 0.286. The first-order valence-electron chi connectivity index (χ1n) is 10.5. The Morgan fingerprint density at radius 3 is 1.48 bits per heavy atom. The molecule has 0 aliphatic carbocycles. The number of aromatic amines is 1. The number of ether oxygens (including phenoxy) is 4. The van der Waals surface area contributed by atoms with Crippen LogP contribution < -0.4 is 15.0 Å². The molecule has 3 heterocycles. The Bertz CT molecular complexity index is 1350. The quantitative estimate of drug-likeness (QED) is 0.289. The molecular formula is C21H18F6N6O9. The second-order valence-corrected chi connectivity index (χ2v) is 6.87. The fourth-order valence-electron chi connectivity index (χ4n) is 1.97. The molecule has 0 amide bonds. The Kier molecular flexibility index (Phi) is 13.2. The number of esters is 2. The first-order valence-corrected chi connectivity index (χ1v) is 10.5. The molecule has 0 unspecified atom stereocenters. The SMILES string of the molecule is COC(=O)c1c[nH]c(=O)cn1.COC(=O)c1cnc(OCC(F)(F)F)cn1.O=C(O)c1cnc(OCC(F)(F)F)cn1. The summed E-state index contributed by atoms with van der Waals surface area (Å²) in [5, 5.41) is 8.41. The highest BCUT2D eigenvalue weighted by molar-refractivity contribution is 5.87. The maximum Gasteiger partial charge on any atom is 0.422 e. The Labute approximate surface area is 229 Å². The summed E-state index contributed by atoms with van der Waals surface area (Å²) in [6.07, 6.45) is -3.17. The second kappa shape index (κ2) is 16.0. The number of carbonyl (C=O) groups is 3. The summed E-state index contributed by atoms with van der Waals surface area (Å²) in [7, 11) is 2.40. The van der Waals surface area contributed by atoms with Crippen molar-refractivity contribution in [2.75, 3.05) is 27.4 Å². The smallest absolute Gasteiger partial charge is 0.422 e. The third-order valence-electron chi connectivity index (χ3n) is 3.70. The highest BCUT2D eigenvalue weighted by Gasteiger charge is 2.29. The zero-order valence-electron chi connectivity index (χ0n) is 21.1. The normalized spacial score (nSPS) is 10.6. The summed E-state index contributed by atoms with van der Waals surface area (Å²) in [5.74, 6) is -3.30. The standard InChI is InChI=1S/C8H7F3N2O3.C7H5F3N2O3.C6H6N2O3/c1-15-7(14)5-2-13-6(3-12-5)16-4-8(9,10)11;8-7(9,10)3-15-5-2-11-4(1-12-5)6(13)14;1-11-6(10)4-2-8-5(9)3-7-4/h2-3H,4H2,1H3;1-2H,3H2,(H,13,14);2-3H,1H3,(H,8,9). The van der Waals surface area contributed by atoms with Crippen LogP contribution in [0.2, 0.25) is 0 Å². The van der Waals surface area contributed by atoms with E-state index in [-0.39, 0.29) is 34.4 Å². The third-order valence-corrected chi connectivity index (χ3v) is 3.70. The van der Waals surface area contributed by atoms with Crippen LogP contribution in [0.3, 0.4) is 0 Å². The molecule has 0 fully saturated rings. The van der Waals surface area contributed by atoms with Gasteiger partial charge in [-0.25, -0.2) is 39.3 Å². The molecule has 0 spiro atoms. The minimum atomic E-state index is -4.47. The molecule has 21 heteroatoms. The van der Waals surface area contributed by atoms with Gasteiger partial charge in [0.05, 0.1) is 45.2 Å². The Hall–Kier alpha value is -5.37. The molecule has 2 N–H and O–H groups in total. The van der Waals surface area contributed by atoms with E-state index in [1.807, 2.05) is 0 Å². The molecule has 3 aromatic heterocycles. The molecule has 0 aromatic carbocycles. The lowest BCUT2D eigenvalue weighted by atomic mass is 10.4. The van der Waals surface area contributed by atoms with Crippen LogP contribution in [0, 0.1) is 0 Å². The van der Waals surface area contributed by atoms with Crippen molar-refractivity contribution in [3.05, 3.63) is 64.6 Å². The second-order valence-electron chi connectivity index (χ2n) is 6.87. The van der Waals surface area contributed by atoms with Crippen molar-refractivity contribution in [3.8, 4) is 11.8 Å². The first-order chi connectivity index (χ1) is 19.5. The van der Waals surface area contributed by atoms with Gasteiger partial charge in [-0.05, 0) is 0 Å². The number of nitrogens with zero attached hydrogens (tertiary/aromatic N) is 5. The van der Waals surface area contributed by atoms with Gasteiger partial charge in [0.2, 0.25) is 11.8 Å². The summed E-state index contributed by atoms with van der Waals surface area (Å²) in [6, 6.07) is 0. The van der Waals surface area contributed by atoms with Crippen LogP contribution in [-0.4, -0.2) is 92.7 Å². The van der Waals surface area contributed by atoms with Crippen LogP contribution >= 0.6 is 0 Å². The molecule has 0 radical (unpaired) electrons. The van der Waals surface area contributed by atoms with Crippen molar-refractivity contribution >= 4 is 17.9 Å². The van der Waals surface area contributed by atoms with Gasteiger partial charge in [0, 0.05) is 6.20 Å². The lowest BCUT2D eigenvalue weighted by Crippen LogP contribution is -2.19. The van der Waals surface area contributed by atoms with Crippen molar-refractivity contribution in [2.45, 2.75) is 12.4 Å². The lowest BCUT2D eigenvalue weighted by molar-refractivity contribution is -0.154. The average Bonchev–Trinajstić information content (AvgIpc) is 2.95. The van der Waals surface area contributed by atoms with Crippen LogP contribution in [0.25, 0.3) is 0 Å². The highest BCUT2D eigenvalue weighted by atomic mass is 19.4. The van der Waals surface area contributed by atoms with E-state index in [4.69, 9.17) is 5.11 Å². The number of rotatable bonds is 7. The predicted octanol–water partition coefficient (Wildman–Crippen LogP) is 1.88. The molecule has 0 saturated carbocycles. The van der Waals surface area contributed by atoms with Gasteiger partial charge in [-0.15, -0.1) is 0 Å². The number of aromatic carboxylic acids is 1. The van der Waals surface area contributed by atoms with E-state index in [1.165, 1.54) is 13.3 Å². The number of carboxylic acid groups (broad SMARTS) is 1. The van der Waals surface area contributed by atoms with Crippen LogP contribution in [0.4, 0.5) is 26.3 Å². The number of carbonyl (C=O) groups excluding carboxylic acids is 2. The van der Waals surface area contributed by atoms with Gasteiger partial charge in [-0.3, -0.25) is 4.79 Å². The Morgan fingerprint density at radius 2 is 1.14 bits per heavy atom. The van der Waals surface area contributed by atoms with Crippen molar-refractivity contribution in [1.82, 2.24) is 29.9 Å². The summed E-state index contributed by atoms with van der Waals surface area (Å²) < 4.78 is 87.5. The van der Waals surface area contributed by atoms with Crippen molar-refractivity contribution in [1.29, 1.82) is 0 Å². The molecule has 15 nitrogen and oxygen atoms in total. The molecule has 3 rings (SSSR count). The Balaban J connectivity index is 0.000000320. The topological polar surface area (TPSA) is 206 Å².